The molecule has 0 saturated carbocycles. The quantitative estimate of drug-likeness (QED) is 0.370. The minimum atomic E-state index is -2.83. The van der Waals surface area contributed by atoms with E-state index < -0.39 is 9.84 Å². The number of hydrogen-bond donors (Lipinski definition) is 1. The van der Waals surface area contributed by atoms with Crippen molar-refractivity contribution in [2.45, 2.75) is 26.7 Å². The predicted octanol–water partition coefficient (Wildman–Crippen LogP) is 3.43. The zero-order valence-corrected chi connectivity index (χ0v) is 19.9. The smallest absolute Gasteiger partial charge is 0.194 e. The van der Waals surface area contributed by atoms with E-state index >= 15 is 0 Å². The van der Waals surface area contributed by atoms with Crippen LogP contribution in [0.15, 0.2) is 41.4 Å². The first-order valence-electron chi connectivity index (χ1n) is 9.91. The Morgan fingerprint density at radius 3 is 2.61 bits per heavy atom. The molecule has 2 aliphatic heterocycles. The first-order valence-corrected chi connectivity index (χ1v) is 11.7. The molecule has 0 amide bonds. The van der Waals surface area contributed by atoms with Gasteiger partial charge in [-0.25, -0.2) is 8.42 Å². The lowest BCUT2D eigenvalue weighted by molar-refractivity contribution is 0.428. The van der Waals surface area contributed by atoms with Crippen molar-refractivity contribution in [2.24, 2.45) is 16.8 Å². The molecule has 1 aromatic carbocycles. The molecule has 0 bridgehead atoms. The third kappa shape index (κ3) is 6.76. The number of benzene rings is 1. The second kappa shape index (κ2) is 10.6. The lowest BCUT2D eigenvalue weighted by Gasteiger charge is -2.30. The highest BCUT2D eigenvalue weighted by Crippen LogP contribution is 2.22. The molecule has 1 fully saturated rings. The monoisotopic (exact) mass is 517 g/mol. The minimum absolute atomic E-state index is 0. The van der Waals surface area contributed by atoms with Crippen LogP contribution in [0.5, 0.6) is 0 Å². The zero-order chi connectivity index (χ0) is 19.3. The van der Waals surface area contributed by atoms with Gasteiger partial charge in [-0.15, -0.1) is 24.0 Å². The van der Waals surface area contributed by atoms with Gasteiger partial charge in [-0.1, -0.05) is 50.3 Å². The number of rotatable bonds is 5. The highest BCUT2D eigenvalue weighted by molar-refractivity contribution is 14.0. The molecule has 0 radical (unpaired) electrons. The van der Waals surface area contributed by atoms with Gasteiger partial charge in [-0.05, 0) is 35.8 Å². The first kappa shape index (κ1) is 23.2. The van der Waals surface area contributed by atoms with Crippen LogP contribution in [0.1, 0.15) is 32.3 Å². The summed E-state index contributed by atoms with van der Waals surface area (Å²) >= 11 is 0. The van der Waals surface area contributed by atoms with Gasteiger partial charge in [0.25, 0.3) is 0 Å². The summed E-state index contributed by atoms with van der Waals surface area (Å²) in [5.41, 5.74) is 2.68. The average Bonchev–Trinajstić information content (AvgIpc) is 3.01. The standard InChI is InChI=1S/C21H31N3O2S.HI/c1-17(2)14-22-21(23-15-18-10-13-27(25,26)16-18)24-11-8-20(9-12-24)19-6-4-3-5-7-19;/h3-8,17-18H,9-16H2,1-2H3,(H,22,23);1H. The Bertz CT molecular complexity index is 791. The van der Waals surface area contributed by atoms with Crippen LogP contribution in [0.25, 0.3) is 5.57 Å². The number of hydrogen-bond acceptors (Lipinski definition) is 3. The van der Waals surface area contributed by atoms with Crippen molar-refractivity contribution in [3.63, 3.8) is 0 Å². The van der Waals surface area contributed by atoms with Crippen LogP contribution in [-0.4, -0.2) is 57.0 Å². The van der Waals surface area contributed by atoms with Crippen molar-refractivity contribution in [3.8, 4) is 0 Å². The molecule has 1 N–H and O–H groups in total. The third-order valence-electron chi connectivity index (χ3n) is 5.14. The highest BCUT2D eigenvalue weighted by Gasteiger charge is 2.28. The fraction of sp³-hybridized carbons (Fsp3) is 0.571. The summed E-state index contributed by atoms with van der Waals surface area (Å²) in [4.78, 5) is 7.07. The van der Waals surface area contributed by atoms with E-state index in [9.17, 15) is 8.42 Å². The Hall–Kier alpha value is -1.09. The van der Waals surface area contributed by atoms with Gasteiger partial charge in [0.2, 0.25) is 0 Å². The van der Waals surface area contributed by atoms with Gasteiger partial charge >= 0.3 is 0 Å². The number of halogens is 1. The summed E-state index contributed by atoms with van der Waals surface area (Å²) in [5.74, 6) is 2.23. The molecule has 1 unspecified atom stereocenters. The normalized spacial score (nSPS) is 22.0. The molecule has 156 valence electrons. The Kier molecular flexibility index (Phi) is 8.80. The number of aliphatic imine (C=N–C) groups is 1. The van der Waals surface area contributed by atoms with Crippen LogP contribution >= 0.6 is 24.0 Å². The second-order valence-corrected chi connectivity index (χ2v) is 10.2. The Labute approximate surface area is 186 Å². The van der Waals surface area contributed by atoms with Crippen LogP contribution < -0.4 is 5.32 Å². The molecule has 1 saturated heterocycles. The topological polar surface area (TPSA) is 61.8 Å². The first-order chi connectivity index (χ1) is 12.9. The minimum Gasteiger partial charge on any atom is -0.356 e. The van der Waals surface area contributed by atoms with Gasteiger partial charge in [-0.3, -0.25) is 4.99 Å². The maximum absolute atomic E-state index is 11.7. The number of nitrogens with one attached hydrogen (secondary N) is 1. The average molecular weight is 517 g/mol. The lowest BCUT2D eigenvalue weighted by Crippen LogP contribution is -2.45. The van der Waals surface area contributed by atoms with E-state index in [0.717, 1.165) is 38.4 Å². The van der Waals surface area contributed by atoms with E-state index in [1.807, 2.05) is 6.07 Å². The molecule has 0 aliphatic carbocycles. The fourth-order valence-electron chi connectivity index (χ4n) is 3.58. The Balaban J connectivity index is 0.00000280. The van der Waals surface area contributed by atoms with Crippen molar-refractivity contribution in [2.75, 3.05) is 37.7 Å². The second-order valence-electron chi connectivity index (χ2n) is 8.00. The largest absolute Gasteiger partial charge is 0.356 e. The van der Waals surface area contributed by atoms with Gasteiger partial charge < -0.3 is 10.2 Å². The maximum Gasteiger partial charge on any atom is 0.194 e. The fourth-order valence-corrected chi connectivity index (χ4v) is 5.44. The summed E-state index contributed by atoms with van der Waals surface area (Å²) in [6.07, 6.45) is 4.03. The number of guanidine groups is 1. The summed E-state index contributed by atoms with van der Waals surface area (Å²) in [6.45, 7) is 7.53. The van der Waals surface area contributed by atoms with E-state index in [4.69, 9.17) is 4.99 Å². The molecule has 2 heterocycles. The molecule has 2 aliphatic rings. The molecular weight excluding hydrogens is 485 g/mol. The van der Waals surface area contributed by atoms with E-state index in [1.165, 1.54) is 11.1 Å². The van der Waals surface area contributed by atoms with Gasteiger partial charge in [0.1, 0.15) is 0 Å². The molecule has 0 aromatic heterocycles. The van der Waals surface area contributed by atoms with Crippen molar-refractivity contribution in [1.29, 1.82) is 0 Å². The van der Waals surface area contributed by atoms with E-state index in [2.05, 4.69) is 54.4 Å². The summed E-state index contributed by atoms with van der Waals surface area (Å²) in [7, 11) is -2.83. The van der Waals surface area contributed by atoms with Crippen molar-refractivity contribution in [1.82, 2.24) is 10.2 Å². The molecule has 7 heteroatoms. The highest BCUT2D eigenvalue weighted by atomic mass is 127. The van der Waals surface area contributed by atoms with Gasteiger partial charge in [0.05, 0.1) is 11.5 Å². The van der Waals surface area contributed by atoms with Crippen LogP contribution in [0.4, 0.5) is 0 Å². The van der Waals surface area contributed by atoms with Crippen molar-refractivity contribution < 1.29 is 8.42 Å². The van der Waals surface area contributed by atoms with Crippen LogP contribution in [0.3, 0.4) is 0 Å². The molecule has 0 spiro atoms. The summed E-state index contributed by atoms with van der Waals surface area (Å²) in [6, 6.07) is 10.5. The molecule has 5 nitrogen and oxygen atoms in total. The van der Waals surface area contributed by atoms with Gasteiger partial charge in [0.15, 0.2) is 15.8 Å². The summed E-state index contributed by atoms with van der Waals surface area (Å²) < 4.78 is 23.4. The van der Waals surface area contributed by atoms with Crippen LogP contribution in [0.2, 0.25) is 0 Å². The SMILES string of the molecule is CC(C)CN=C(NCC1CCS(=O)(=O)C1)N1CC=C(c2ccccc2)CC1.I. The summed E-state index contributed by atoms with van der Waals surface area (Å²) in [5, 5.41) is 3.46. The van der Waals surface area contributed by atoms with E-state index in [1.54, 1.807) is 0 Å². The van der Waals surface area contributed by atoms with Gasteiger partial charge in [-0.2, -0.15) is 0 Å². The Morgan fingerprint density at radius 2 is 2.04 bits per heavy atom. The van der Waals surface area contributed by atoms with E-state index in [-0.39, 0.29) is 29.9 Å². The molecular formula is C21H32IN3O2S. The predicted molar refractivity (Wildman–Crippen MR) is 128 cm³/mol. The maximum atomic E-state index is 11.7. The van der Waals surface area contributed by atoms with Crippen LogP contribution in [0, 0.1) is 11.8 Å². The lowest BCUT2D eigenvalue weighted by atomic mass is 10.00. The molecule has 1 aromatic rings. The van der Waals surface area contributed by atoms with E-state index in [0.29, 0.717) is 24.0 Å². The van der Waals surface area contributed by atoms with Gasteiger partial charge in [0, 0.05) is 26.2 Å². The number of sulfone groups is 1. The van der Waals surface area contributed by atoms with Crippen molar-refractivity contribution in [3.05, 3.63) is 42.0 Å². The molecule has 3 rings (SSSR count). The number of nitrogens with zero attached hydrogens (tertiary/aromatic N) is 2. The van der Waals surface area contributed by atoms with Crippen molar-refractivity contribution >= 4 is 45.3 Å². The van der Waals surface area contributed by atoms with Crippen LogP contribution in [-0.2, 0) is 9.84 Å². The third-order valence-corrected chi connectivity index (χ3v) is 6.97. The molecule has 28 heavy (non-hydrogen) atoms. The molecule has 1 atom stereocenters. The Morgan fingerprint density at radius 1 is 1.29 bits per heavy atom. The zero-order valence-electron chi connectivity index (χ0n) is 16.8.